The molecule has 1 unspecified atom stereocenters. The van der Waals surface area contributed by atoms with Crippen molar-refractivity contribution in [2.45, 2.75) is 32.6 Å². The molecule has 1 nitrogen and oxygen atoms in total. The Kier molecular flexibility index (Phi) is 2.70. The quantitative estimate of drug-likeness (QED) is 0.768. The summed E-state index contributed by atoms with van der Waals surface area (Å²) in [5.74, 6) is 0.440. The fraction of sp³-hybridized carbons (Fsp3) is 0.353. The number of hydrogen-bond donors (Lipinski definition) is 0. The molecule has 1 aliphatic rings. The standard InChI is InChI=1S/C17H18O/c1-17(11-5-10-16(17)18)12-14-8-4-7-13-6-2-3-9-15(13)14/h2-4,6-9H,5,10-12H2,1H3. The molecule has 0 N–H and O–H groups in total. The molecule has 18 heavy (non-hydrogen) atoms. The van der Waals surface area contributed by atoms with Gasteiger partial charge in [-0.3, -0.25) is 4.79 Å². The van der Waals surface area contributed by atoms with Gasteiger partial charge in [-0.2, -0.15) is 0 Å². The zero-order valence-electron chi connectivity index (χ0n) is 10.8. The highest BCUT2D eigenvalue weighted by atomic mass is 16.1. The van der Waals surface area contributed by atoms with E-state index in [0.29, 0.717) is 5.78 Å². The lowest BCUT2D eigenvalue weighted by Gasteiger charge is -2.22. The Morgan fingerprint density at radius 2 is 1.89 bits per heavy atom. The van der Waals surface area contributed by atoms with Crippen LogP contribution in [0.3, 0.4) is 0 Å². The number of benzene rings is 2. The molecular formula is C17H18O. The van der Waals surface area contributed by atoms with Gasteiger partial charge >= 0.3 is 0 Å². The predicted octanol–water partition coefficient (Wildman–Crippen LogP) is 4.14. The van der Waals surface area contributed by atoms with E-state index in [2.05, 4.69) is 49.4 Å². The number of ketones is 1. The number of carbonyl (C=O) groups excluding carboxylic acids is 1. The minimum absolute atomic E-state index is 0.135. The van der Waals surface area contributed by atoms with Crippen LogP contribution in [-0.2, 0) is 11.2 Å². The number of rotatable bonds is 2. The minimum Gasteiger partial charge on any atom is -0.299 e. The molecule has 0 saturated heterocycles. The molecule has 2 aromatic carbocycles. The summed E-state index contributed by atoms with van der Waals surface area (Å²) in [4.78, 5) is 12.0. The third kappa shape index (κ3) is 1.84. The summed E-state index contributed by atoms with van der Waals surface area (Å²) in [6, 6.07) is 14.8. The molecule has 0 amide bonds. The van der Waals surface area contributed by atoms with Crippen LogP contribution in [0.25, 0.3) is 10.8 Å². The van der Waals surface area contributed by atoms with Gasteiger partial charge in [0, 0.05) is 11.8 Å². The SMILES string of the molecule is CC1(Cc2cccc3ccccc23)CCCC1=O. The van der Waals surface area contributed by atoms with Crippen molar-refractivity contribution in [3.05, 3.63) is 48.0 Å². The summed E-state index contributed by atoms with van der Waals surface area (Å²) >= 11 is 0. The molecule has 3 rings (SSSR count). The molecule has 0 aromatic heterocycles. The van der Waals surface area contributed by atoms with Gasteiger partial charge in [0.25, 0.3) is 0 Å². The van der Waals surface area contributed by atoms with E-state index in [1.807, 2.05) is 0 Å². The zero-order valence-corrected chi connectivity index (χ0v) is 10.8. The van der Waals surface area contributed by atoms with E-state index in [0.717, 1.165) is 25.7 Å². The summed E-state index contributed by atoms with van der Waals surface area (Å²) in [6.07, 6.45) is 3.74. The fourth-order valence-corrected chi connectivity index (χ4v) is 3.13. The highest BCUT2D eigenvalue weighted by Crippen LogP contribution is 2.38. The van der Waals surface area contributed by atoms with Crippen molar-refractivity contribution >= 4 is 16.6 Å². The van der Waals surface area contributed by atoms with Gasteiger partial charge in [-0.25, -0.2) is 0 Å². The lowest BCUT2D eigenvalue weighted by atomic mass is 9.80. The van der Waals surface area contributed by atoms with Crippen molar-refractivity contribution in [3.8, 4) is 0 Å². The maximum absolute atomic E-state index is 12.0. The van der Waals surface area contributed by atoms with E-state index in [4.69, 9.17) is 0 Å². The van der Waals surface area contributed by atoms with Gasteiger partial charge in [0.1, 0.15) is 5.78 Å². The third-order valence-corrected chi connectivity index (χ3v) is 4.27. The van der Waals surface area contributed by atoms with Crippen LogP contribution >= 0.6 is 0 Å². The van der Waals surface area contributed by atoms with Gasteiger partial charge < -0.3 is 0 Å². The van der Waals surface area contributed by atoms with Crippen molar-refractivity contribution in [1.29, 1.82) is 0 Å². The lowest BCUT2D eigenvalue weighted by molar-refractivity contribution is -0.124. The topological polar surface area (TPSA) is 17.1 Å². The first-order chi connectivity index (χ1) is 8.69. The summed E-state index contributed by atoms with van der Waals surface area (Å²) < 4.78 is 0. The molecular weight excluding hydrogens is 220 g/mol. The Morgan fingerprint density at radius 1 is 1.11 bits per heavy atom. The van der Waals surface area contributed by atoms with Gasteiger partial charge in [-0.1, -0.05) is 49.4 Å². The monoisotopic (exact) mass is 238 g/mol. The normalized spacial score (nSPS) is 23.7. The van der Waals surface area contributed by atoms with E-state index < -0.39 is 0 Å². The van der Waals surface area contributed by atoms with Gasteiger partial charge in [0.2, 0.25) is 0 Å². The van der Waals surface area contributed by atoms with E-state index >= 15 is 0 Å². The van der Waals surface area contributed by atoms with Crippen molar-refractivity contribution < 1.29 is 4.79 Å². The third-order valence-electron chi connectivity index (χ3n) is 4.27. The molecule has 0 bridgehead atoms. The molecule has 1 aliphatic carbocycles. The number of hydrogen-bond acceptors (Lipinski definition) is 1. The van der Waals surface area contributed by atoms with E-state index in [-0.39, 0.29) is 5.41 Å². The average Bonchev–Trinajstić information content (AvgIpc) is 2.70. The molecule has 1 fully saturated rings. The number of carbonyl (C=O) groups is 1. The van der Waals surface area contributed by atoms with Crippen LogP contribution in [0.15, 0.2) is 42.5 Å². The first kappa shape index (κ1) is 11.5. The van der Waals surface area contributed by atoms with Crippen LogP contribution in [0.2, 0.25) is 0 Å². The zero-order chi connectivity index (χ0) is 12.6. The highest BCUT2D eigenvalue weighted by Gasteiger charge is 2.37. The van der Waals surface area contributed by atoms with Crippen LogP contribution in [0.4, 0.5) is 0 Å². The molecule has 0 radical (unpaired) electrons. The largest absolute Gasteiger partial charge is 0.299 e. The first-order valence-electron chi connectivity index (χ1n) is 6.69. The van der Waals surface area contributed by atoms with E-state index in [1.165, 1.54) is 16.3 Å². The maximum atomic E-state index is 12.0. The van der Waals surface area contributed by atoms with E-state index in [1.54, 1.807) is 0 Å². The molecule has 0 heterocycles. The van der Waals surface area contributed by atoms with Gasteiger partial charge in [-0.15, -0.1) is 0 Å². The molecule has 0 aliphatic heterocycles. The smallest absolute Gasteiger partial charge is 0.139 e. The fourth-order valence-electron chi connectivity index (χ4n) is 3.13. The summed E-state index contributed by atoms with van der Waals surface area (Å²) in [7, 11) is 0. The van der Waals surface area contributed by atoms with Crippen molar-refractivity contribution in [1.82, 2.24) is 0 Å². The second-order valence-corrected chi connectivity index (χ2v) is 5.65. The predicted molar refractivity (Wildman–Crippen MR) is 74.6 cm³/mol. The number of fused-ring (bicyclic) bond motifs is 1. The van der Waals surface area contributed by atoms with Crippen LogP contribution in [0.5, 0.6) is 0 Å². The van der Waals surface area contributed by atoms with E-state index in [9.17, 15) is 4.79 Å². The Bertz CT molecular complexity index is 594. The van der Waals surface area contributed by atoms with Gasteiger partial charge in [-0.05, 0) is 35.6 Å². The summed E-state index contributed by atoms with van der Waals surface area (Å²) in [5.41, 5.74) is 1.18. The van der Waals surface area contributed by atoms with Crippen LogP contribution in [0, 0.1) is 5.41 Å². The van der Waals surface area contributed by atoms with Gasteiger partial charge in [0.15, 0.2) is 0 Å². The second kappa shape index (κ2) is 4.24. The Hall–Kier alpha value is -1.63. The number of Topliss-reactive ketones (excluding diaryl/α,β-unsaturated/α-hetero) is 1. The first-order valence-corrected chi connectivity index (χ1v) is 6.69. The Morgan fingerprint density at radius 3 is 2.67 bits per heavy atom. The summed E-state index contributed by atoms with van der Waals surface area (Å²) in [5, 5.41) is 2.56. The minimum atomic E-state index is -0.135. The molecule has 2 aromatic rings. The van der Waals surface area contributed by atoms with Crippen LogP contribution < -0.4 is 0 Å². The molecule has 1 atom stereocenters. The average molecular weight is 238 g/mol. The Labute approximate surface area is 108 Å². The van der Waals surface area contributed by atoms with Gasteiger partial charge in [0.05, 0.1) is 0 Å². The maximum Gasteiger partial charge on any atom is 0.139 e. The molecule has 92 valence electrons. The summed E-state index contributed by atoms with van der Waals surface area (Å²) in [6.45, 7) is 2.13. The highest BCUT2D eigenvalue weighted by molar-refractivity contribution is 5.89. The molecule has 0 spiro atoms. The molecule has 1 heteroatoms. The molecule has 1 saturated carbocycles. The van der Waals surface area contributed by atoms with Crippen molar-refractivity contribution in [3.63, 3.8) is 0 Å². The van der Waals surface area contributed by atoms with Crippen LogP contribution in [-0.4, -0.2) is 5.78 Å². The lowest BCUT2D eigenvalue weighted by Crippen LogP contribution is -2.24. The second-order valence-electron chi connectivity index (χ2n) is 5.65. The Balaban J connectivity index is 2.03. The van der Waals surface area contributed by atoms with Crippen LogP contribution in [0.1, 0.15) is 31.7 Å². The van der Waals surface area contributed by atoms with Crippen molar-refractivity contribution in [2.24, 2.45) is 5.41 Å². The van der Waals surface area contributed by atoms with Crippen molar-refractivity contribution in [2.75, 3.05) is 0 Å².